The SMILES string of the molecule is C=CC(=O)Nc1ccc(-c2cc(-c3ccncc3C(N)=O)cc(OC)c2Oc2cccc(C)n2)cc1. The van der Waals surface area contributed by atoms with Crippen LogP contribution in [0.3, 0.4) is 0 Å². The van der Waals surface area contributed by atoms with E-state index in [-0.39, 0.29) is 11.5 Å². The molecule has 2 aromatic heterocycles. The van der Waals surface area contributed by atoms with E-state index < -0.39 is 5.91 Å². The molecule has 0 radical (unpaired) electrons. The predicted molar refractivity (Wildman–Crippen MR) is 138 cm³/mol. The number of aromatic nitrogens is 2. The second-order valence-corrected chi connectivity index (χ2v) is 7.83. The Morgan fingerprint density at radius 1 is 1.03 bits per heavy atom. The molecule has 2 aromatic carbocycles. The molecule has 0 saturated heterocycles. The summed E-state index contributed by atoms with van der Waals surface area (Å²) in [6, 6.07) is 18.1. The average Bonchev–Trinajstić information content (AvgIpc) is 2.89. The fourth-order valence-corrected chi connectivity index (χ4v) is 3.68. The Hall–Kier alpha value is -4.98. The van der Waals surface area contributed by atoms with E-state index >= 15 is 0 Å². The van der Waals surface area contributed by atoms with Crippen molar-refractivity contribution in [2.45, 2.75) is 6.92 Å². The Labute approximate surface area is 208 Å². The van der Waals surface area contributed by atoms with Gasteiger partial charge in [-0.1, -0.05) is 24.8 Å². The van der Waals surface area contributed by atoms with Crippen LogP contribution in [0.4, 0.5) is 5.69 Å². The number of rotatable bonds is 8. The Morgan fingerprint density at radius 3 is 2.47 bits per heavy atom. The molecule has 0 saturated carbocycles. The number of carbonyl (C=O) groups is 2. The van der Waals surface area contributed by atoms with Crippen LogP contribution in [0.15, 0.2) is 85.7 Å². The maximum Gasteiger partial charge on any atom is 0.250 e. The number of carbonyl (C=O) groups excluding carboxylic acids is 2. The molecule has 0 spiro atoms. The van der Waals surface area contributed by atoms with Crippen molar-refractivity contribution in [1.29, 1.82) is 0 Å². The largest absolute Gasteiger partial charge is 0.493 e. The number of hydrogen-bond acceptors (Lipinski definition) is 6. The van der Waals surface area contributed by atoms with Crippen LogP contribution in [-0.2, 0) is 4.79 Å². The summed E-state index contributed by atoms with van der Waals surface area (Å²) in [5.74, 6) is 0.376. The van der Waals surface area contributed by atoms with E-state index in [0.717, 1.165) is 11.3 Å². The Morgan fingerprint density at radius 2 is 1.81 bits per heavy atom. The van der Waals surface area contributed by atoms with Crippen LogP contribution in [-0.4, -0.2) is 28.9 Å². The van der Waals surface area contributed by atoms with Crippen molar-refractivity contribution in [3.8, 4) is 39.6 Å². The first kappa shape index (κ1) is 24.2. The highest BCUT2D eigenvalue weighted by Crippen LogP contribution is 2.44. The van der Waals surface area contributed by atoms with Crippen LogP contribution in [0.2, 0.25) is 0 Å². The number of amides is 2. The van der Waals surface area contributed by atoms with Gasteiger partial charge in [0.05, 0.1) is 12.7 Å². The summed E-state index contributed by atoms with van der Waals surface area (Å²) in [4.78, 5) is 32.2. The highest BCUT2D eigenvalue weighted by molar-refractivity contribution is 6.00. The smallest absolute Gasteiger partial charge is 0.250 e. The summed E-state index contributed by atoms with van der Waals surface area (Å²) in [7, 11) is 1.54. The van der Waals surface area contributed by atoms with Gasteiger partial charge >= 0.3 is 0 Å². The number of anilines is 1. The zero-order chi connectivity index (χ0) is 25.7. The monoisotopic (exact) mass is 480 g/mol. The molecule has 0 atom stereocenters. The summed E-state index contributed by atoms with van der Waals surface area (Å²) >= 11 is 0. The number of nitrogens with one attached hydrogen (secondary N) is 1. The van der Waals surface area contributed by atoms with Gasteiger partial charge in [0, 0.05) is 35.4 Å². The number of nitrogens with two attached hydrogens (primary N) is 1. The van der Waals surface area contributed by atoms with Crippen LogP contribution in [0, 0.1) is 6.92 Å². The normalized spacial score (nSPS) is 10.4. The Kier molecular flexibility index (Phi) is 7.06. The molecule has 0 aliphatic heterocycles. The number of nitrogens with zero attached hydrogens (tertiary/aromatic N) is 2. The van der Waals surface area contributed by atoms with Gasteiger partial charge in [-0.15, -0.1) is 0 Å². The maximum absolute atomic E-state index is 12.1. The predicted octanol–water partition coefficient (Wildman–Crippen LogP) is 5.14. The van der Waals surface area contributed by atoms with Crippen LogP contribution in [0.25, 0.3) is 22.3 Å². The van der Waals surface area contributed by atoms with E-state index in [4.69, 9.17) is 15.2 Å². The maximum atomic E-state index is 12.1. The third kappa shape index (κ3) is 5.23. The lowest BCUT2D eigenvalue weighted by atomic mass is 9.95. The van der Waals surface area contributed by atoms with E-state index in [2.05, 4.69) is 21.9 Å². The van der Waals surface area contributed by atoms with E-state index in [1.165, 1.54) is 19.4 Å². The first-order valence-corrected chi connectivity index (χ1v) is 11.0. The molecular weight excluding hydrogens is 456 g/mol. The Balaban J connectivity index is 1.90. The van der Waals surface area contributed by atoms with Gasteiger partial charge in [-0.2, -0.15) is 0 Å². The molecule has 0 unspecified atom stereocenters. The molecule has 0 bridgehead atoms. The van der Waals surface area contributed by atoms with Crippen LogP contribution < -0.4 is 20.5 Å². The van der Waals surface area contributed by atoms with Gasteiger partial charge in [0.25, 0.3) is 5.91 Å². The van der Waals surface area contributed by atoms with Crippen molar-refractivity contribution in [2.75, 3.05) is 12.4 Å². The number of ether oxygens (including phenoxy) is 2. The lowest BCUT2D eigenvalue weighted by Gasteiger charge is -2.18. The van der Waals surface area contributed by atoms with Crippen molar-refractivity contribution >= 4 is 17.5 Å². The number of benzene rings is 2. The number of hydrogen-bond donors (Lipinski definition) is 2. The Bertz CT molecular complexity index is 1450. The van der Waals surface area contributed by atoms with Gasteiger partial charge in [0.1, 0.15) is 0 Å². The van der Waals surface area contributed by atoms with E-state index in [1.54, 1.807) is 36.5 Å². The summed E-state index contributed by atoms with van der Waals surface area (Å²) in [5, 5.41) is 2.73. The molecule has 2 amide bonds. The summed E-state index contributed by atoms with van der Waals surface area (Å²) in [5.41, 5.74) is 10.0. The fourth-order valence-electron chi connectivity index (χ4n) is 3.68. The molecule has 0 fully saturated rings. The van der Waals surface area contributed by atoms with Crippen LogP contribution >= 0.6 is 0 Å². The second-order valence-electron chi connectivity index (χ2n) is 7.83. The second kappa shape index (κ2) is 10.5. The summed E-state index contributed by atoms with van der Waals surface area (Å²) in [6.45, 7) is 5.35. The van der Waals surface area contributed by atoms with Crippen molar-refractivity contribution in [1.82, 2.24) is 9.97 Å². The van der Waals surface area contributed by atoms with Gasteiger partial charge in [-0.3, -0.25) is 14.6 Å². The zero-order valence-corrected chi connectivity index (χ0v) is 19.8. The molecule has 36 heavy (non-hydrogen) atoms. The lowest BCUT2D eigenvalue weighted by molar-refractivity contribution is -0.111. The van der Waals surface area contributed by atoms with Gasteiger partial charge in [-0.05, 0) is 66.1 Å². The van der Waals surface area contributed by atoms with Crippen molar-refractivity contribution in [3.63, 3.8) is 0 Å². The highest BCUT2D eigenvalue weighted by atomic mass is 16.5. The quantitative estimate of drug-likeness (QED) is 0.337. The van der Waals surface area contributed by atoms with Crippen molar-refractivity contribution in [2.24, 2.45) is 5.73 Å². The minimum atomic E-state index is -0.592. The average molecular weight is 481 g/mol. The minimum Gasteiger partial charge on any atom is -0.493 e. The molecule has 3 N–H and O–H groups in total. The molecule has 0 aliphatic carbocycles. The third-order valence-corrected chi connectivity index (χ3v) is 5.39. The summed E-state index contributed by atoms with van der Waals surface area (Å²) < 4.78 is 11.9. The van der Waals surface area contributed by atoms with Gasteiger partial charge in [-0.25, -0.2) is 4.98 Å². The van der Waals surface area contributed by atoms with E-state index in [0.29, 0.717) is 39.8 Å². The van der Waals surface area contributed by atoms with Crippen LogP contribution in [0.1, 0.15) is 16.1 Å². The molecule has 4 aromatic rings. The molecule has 8 nitrogen and oxygen atoms in total. The molecule has 0 aliphatic rings. The molecule has 180 valence electrons. The number of pyridine rings is 2. The number of methoxy groups -OCH3 is 1. The van der Waals surface area contributed by atoms with Crippen molar-refractivity contribution in [3.05, 3.63) is 97.0 Å². The first-order valence-electron chi connectivity index (χ1n) is 11.0. The van der Waals surface area contributed by atoms with Gasteiger partial charge in [0.15, 0.2) is 11.5 Å². The highest BCUT2D eigenvalue weighted by Gasteiger charge is 2.20. The molecule has 8 heteroatoms. The topological polar surface area (TPSA) is 116 Å². The number of primary amides is 1. The fraction of sp³-hybridized carbons (Fsp3) is 0.0714. The van der Waals surface area contributed by atoms with Gasteiger partial charge in [0.2, 0.25) is 11.8 Å². The third-order valence-electron chi connectivity index (χ3n) is 5.39. The lowest BCUT2D eigenvalue weighted by Crippen LogP contribution is -2.12. The summed E-state index contributed by atoms with van der Waals surface area (Å²) in [6.07, 6.45) is 4.22. The van der Waals surface area contributed by atoms with E-state index in [9.17, 15) is 9.59 Å². The minimum absolute atomic E-state index is 0.280. The van der Waals surface area contributed by atoms with E-state index in [1.807, 2.05) is 37.3 Å². The standard InChI is InChI=1S/C28H24N4O4/c1-4-25(33)32-20-10-8-18(9-11-20)22-14-19(21-12-13-30-16-23(21)28(29)34)15-24(35-3)27(22)36-26-7-5-6-17(2)31-26/h4-16H,1H2,2-3H3,(H2,29,34)(H,32,33). The van der Waals surface area contributed by atoms with Gasteiger partial charge < -0.3 is 20.5 Å². The number of aryl methyl sites for hydroxylation is 1. The molecule has 2 heterocycles. The van der Waals surface area contributed by atoms with Crippen LogP contribution in [0.5, 0.6) is 17.4 Å². The molecular formula is C28H24N4O4. The zero-order valence-electron chi connectivity index (χ0n) is 19.8. The molecule has 4 rings (SSSR count). The van der Waals surface area contributed by atoms with Crippen molar-refractivity contribution < 1.29 is 19.1 Å². The first-order chi connectivity index (χ1) is 17.4.